The van der Waals surface area contributed by atoms with Gasteiger partial charge in [-0.25, -0.2) is 15.4 Å². The summed E-state index contributed by atoms with van der Waals surface area (Å²) >= 11 is 1.10. The Morgan fingerprint density at radius 2 is 1.82 bits per heavy atom. The van der Waals surface area contributed by atoms with E-state index in [0.717, 1.165) is 23.1 Å². The van der Waals surface area contributed by atoms with E-state index in [-0.39, 0.29) is 11.6 Å². The lowest BCUT2D eigenvalue weighted by molar-refractivity contribution is -0.387. The molecule has 0 fully saturated rings. The van der Waals surface area contributed by atoms with Crippen molar-refractivity contribution in [3.05, 3.63) is 81.2 Å². The summed E-state index contributed by atoms with van der Waals surface area (Å²) in [7, 11) is 0. The largest absolute Gasteiger partial charge is 0.326 e. The van der Waals surface area contributed by atoms with E-state index in [2.05, 4.69) is 25.8 Å². The summed E-state index contributed by atoms with van der Waals surface area (Å²) in [5.41, 5.74) is 5.00. The molecular weight excluding hydrogens is 444 g/mol. The van der Waals surface area contributed by atoms with Gasteiger partial charge in [0.25, 0.3) is 11.6 Å². The van der Waals surface area contributed by atoms with Gasteiger partial charge in [-0.05, 0) is 55.9 Å². The van der Waals surface area contributed by atoms with Crippen molar-refractivity contribution in [3.63, 3.8) is 0 Å². The predicted molar refractivity (Wildman–Crippen MR) is 125 cm³/mol. The number of benzene rings is 2. The van der Waals surface area contributed by atoms with E-state index >= 15 is 0 Å². The lowest BCUT2D eigenvalue weighted by Gasteiger charge is -2.05. The SMILES string of the molecule is CC(=O)Nc1cccc(C(=O)N/N=C/c2ccc(Sc3nc(C)cc(C)n3)c([N+](=O)[O-])c2)c1. The van der Waals surface area contributed by atoms with E-state index in [4.69, 9.17) is 0 Å². The lowest BCUT2D eigenvalue weighted by Crippen LogP contribution is -2.18. The monoisotopic (exact) mass is 464 g/mol. The molecule has 0 spiro atoms. The van der Waals surface area contributed by atoms with Crippen LogP contribution >= 0.6 is 11.8 Å². The number of hydrogen-bond donors (Lipinski definition) is 2. The Morgan fingerprint density at radius 1 is 1.09 bits per heavy atom. The second-order valence-electron chi connectivity index (χ2n) is 6.98. The molecule has 0 aliphatic carbocycles. The van der Waals surface area contributed by atoms with Crippen molar-refractivity contribution in [1.82, 2.24) is 15.4 Å². The van der Waals surface area contributed by atoms with Crippen LogP contribution in [0.15, 0.2) is 63.7 Å². The molecule has 0 saturated heterocycles. The van der Waals surface area contributed by atoms with Crippen molar-refractivity contribution in [2.75, 3.05) is 5.32 Å². The van der Waals surface area contributed by atoms with Crippen LogP contribution in [0.2, 0.25) is 0 Å². The van der Waals surface area contributed by atoms with Crippen molar-refractivity contribution in [2.45, 2.75) is 30.8 Å². The number of hydrogen-bond acceptors (Lipinski definition) is 8. The van der Waals surface area contributed by atoms with Crippen LogP contribution in [0.25, 0.3) is 0 Å². The number of hydrazone groups is 1. The molecule has 1 aromatic heterocycles. The highest BCUT2D eigenvalue weighted by atomic mass is 32.2. The normalized spacial score (nSPS) is 10.8. The molecule has 2 aromatic carbocycles. The third kappa shape index (κ3) is 6.68. The van der Waals surface area contributed by atoms with Crippen LogP contribution < -0.4 is 10.7 Å². The minimum Gasteiger partial charge on any atom is -0.326 e. The minimum absolute atomic E-state index is 0.124. The van der Waals surface area contributed by atoms with E-state index in [0.29, 0.717) is 26.9 Å². The summed E-state index contributed by atoms with van der Waals surface area (Å²) in [5, 5.41) is 18.5. The molecule has 33 heavy (non-hydrogen) atoms. The first-order chi connectivity index (χ1) is 15.7. The van der Waals surface area contributed by atoms with Gasteiger partial charge in [0.05, 0.1) is 16.0 Å². The van der Waals surface area contributed by atoms with Gasteiger partial charge in [0.1, 0.15) is 0 Å². The molecule has 1 heterocycles. The van der Waals surface area contributed by atoms with Gasteiger partial charge in [0.2, 0.25) is 5.91 Å². The molecular formula is C22H20N6O4S. The number of aryl methyl sites for hydroxylation is 2. The number of nitro benzene ring substituents is 1. The van der Waals surface area contributed by atoms with Crippen LogP contribution in [0.3, 0.4) is 0 Å². The van der Waals surface area contributed by atoms with Crippen molar-refractivity contribution in [2.24, 2.45) is 5.10 Å². The zero-order valence-electron chi connectivity index (χ0n) is 18.0. The highest BCUT2D eigenvalue weighted by Gasteiger charge is 2.17. The molecule has 3 rings (SSSR count). The Balaban J connectivity index is 1.73. The average molecular weight is 465 g/mol. The number of carbonyl (C=O) groups excluding carboxylic acids is 2. The number of aromatic nitrogens is 2. The molecule has 10 nitrogen and oxygen atoms in total. The average Bonchev–Trinajstić information content (AvgIpc) is 2.73. The predicted octanol–water partition coefficient (Wildman–Crippen LogP) is 3.88. The first kappa shape index (κ1) is 23.5. The summed E-state index contributed by atoms with van der Waals surface area (Å²) in [4.78, 5) is 43.5. The highest BCUT2D eigenvalue weighted by Crippen LogP contribution is 2.33. The fourth-order valence-electron chi connectivity index (χ4n) is 2.85. The van der Waals surface area contributed by atoms with Crippen LogP contribution in [0, 0.1) is 24.0 Å². The zero-order chi connectivity index (χ0) is 24.0. The van der Waals surface area contributed by atoms with Gasteiger partial charge in [-0.15, -0.1) is 0 Å². The second kappa shape index (κ2) is 10.5. The summed E-state index contributed by atoms with van der Waals surface area (Å²) in [6.45, 7) is 5.03. The first-order valence-electron chi connectivity index (χ1n) is 9.71. The molecule has 0 aliphatic rings. The van der Waals surface area contributed by atoms with E-state index < -0.39 is 10.8 Å². The number of nitrogens with zero attached hydrogens (tertiary/aromatic N) is 4. The van der Waals surface area contributed by atoms with Crippen molar-refractivity contribution in [1.29, 1.82) is 0 Å². The van der Waals surface area contributed by atoms with Gasteiger partial charge >= 0.3 is 0 Å². The number of nitrogens with one attached hydrogen (secondary N) is 2. The van der Waals surface area contributed by atoms with Gasteiger partial charge in [-0.2, -0.15) is 5.10 Å². The van der Waals surface area contributed by atoms with Crippen molar-refractivity contribution in [3.8, 4) is 0 Å². The zero-order valence-corrected chi connectivity index (χ0v) is 18.8. The number of anilines is 1. The maximum absolute atomic E-state index is 12.3. The highest BCUT2D eigenvalue weighted by molar-refractivity contribution is 7.99. The molecule has 0 atom stereocenters. The third-order valence-corrected chi connectivity index (χ3v) is 5.10. The van der Waals surface area contributed by atoms with E-state index in [1.165, 1.54) is 25.3 Å². The Labute approximate surface area is 193 Å². The van der Waals surface area contributed by atoms with Gasteiger partial charge in [0.15, 0.2) is 5.16 Å². The molecule has 0 saturated carbocycles. The molecule has 2 amide bonds. The maximum atomic E-state index is 12.3. The summed E-state index contributed by atoms with van der Waals surface area (Å²) < 4.78 is 0. The molecule has 0 unspecified atom stereocenters. The van der Waals surface area contributed by atoms with E-state index in [1.807, 2.05) is 19.9 Å². The number of carbonyl (C=O) groups is 2. The number of rotatable bonds is 7. The second-order valence-corrected chi connectivity index (χ2v) is 7.99. The number of nitro groups is 1. The topological polar surface area (TPSA) is 139 Å². The Bertz CT molecular complexity index is 1240. The van der Waals surface area contributed by atoms with Gasteiger partial charge < -0.3 is 5.32 Å². The van der Waals surface area contributed by atoms with Gasteiger partial charge in [0, 0.05) is 41.2 Å². The number of amides is 2. The van der Waals surface area contributed by atoms with E-state index in [9.17, 15) is 19.7 Å². The Kier molecular flexibility index (Phi) is 7.46. The van der Waals surface area contributed by atoms with Crippen molar-refractivity contribution >= 4 is 41.2 Å². The Morgan fingerprint density at radius 3 is 2.48 bits per heavy atom. The fourth-order valence-corrected chi connectivity index (χ4v) is 3.80. The molecule has 168 valence electrons. The van der Waals surface area contributed by atoms with Crippen molar-refractivity contribution < 1.29 is 14.5 Å². The van der Waals surface area contributed by atoms with Gasteiger partial charge in [-0.1, -0.05) is 12.1 Å². The minimum atomic E-state index is -0.493. The molecule has 0 aliphatic heterocycles. The third-order valence-electron chi connectivity index (χ3n) is 4.17. The Hall–Kier alpha value is -4.12. The molecule has 2 N–H and O–H groups in total. The smallest absolute Gasteiger partial charge is 0.283 e. The fraction of sp³-hybridized carbons (Fsp3) is 0.136. The maximum Gasteiger partial charge on any atom is 0.283 e. The van der Waals surface area contributed by atoms with Crippen LogP contribution in [0.4, 0.5) is 11.4 Å². The van der Waals surface area contributed by atoms with Crippen LogP contribution in [-0.2, 0) is 4.79 Å². The summed E-state index contributed by atoms with van der Waals surface area (Å²) in [6, 6.07) is 12.8. The first-order valence-corrected chi connectivity index (χ1v) is 10.5. The van der Waals surface area contributed by atoms with Crippen LogP contribution in [-0.4, -0.2) is 32.9 Å². The summed E-state index contributed by atoms with van der Waals surface area (Å²) in [6.07, 6.45) is 1.31. The molecule has 3 aromatic rings. The molecule has 0 radical (unpaired) electrons. The lowest BCUT2D eigenvalue weighted by atomic mass is 10.2. The van der Waals surface area contributed by atoms with Crippen LogP contribution in [0.1, 0.15) is 34.2 Å². The molecule has 0 bridgehead atoms. The van der Waals surface area contributed by atoms with Gasteiger partial charge in [-0.3, -0.25) is 19.7 Å². The molecule has 11 heteroatoms. The summed E-state index contributed by atoms with van der Waals surface area (Å²) in [5.74, 6) is -0.745. The standard InChI is InChI=1S/C22H20N6O4S/c1-13-9-14(2)25-22(24-13)33-20-8-7-16(10-19(20)28(31)32)12-23-27-21(30)17-5-4-6-18(11-17)26-15(3)29/h4-12H,1-3H3,(H,26,29)(H,27,30)/b23-12+. The van der Waals surface area contributed by atoms with Crippen LogP contribution in [0.5, 0.6) is 0 Å². The quantitative estimate of drug-likeness (QED) is 0.234. The van der Waals surface area contributed by atoms with E-state index in [1.54, 1.807) is 30.3 Å².